The average Bonchev–Trinajstić information content (AvgIpc) is 2.09. The molecule has 0 saturated heterocycles. The molecule has 0 radical (unpaired) electrons. The first-order valence-corrected chi connectivity index (χ1v) is 5.28. The van der Waals surface area contributed by atoms with Gasteiger partial charge in [-0.2, -0.15) is 13.2 Å². The van der Waals surface area contributed by atoms with E-state index in [1.165, 1.54) is 4.90 Å². The standard InChI is InChI=1S/C10H21F3N2/c1-5-9(14-4)6-15(8(2)3)7-10(11,12)13/h8-9,14H,5-7H2,1-4H3. The Morgan fingerprint density at radius 2 is 1.80 bits per heavy atom. The van der Waals surface area contributed by atoms with Gasteiger partial charge in [-0.15, -0.1) is 0 Å². The molecule has 0 aliphatic rings. The maximum Gasteiger partial charge on any atom is 0.401 e. The largest absolute Gasteiger partial charge is 0.401 e. The zero-order valence-electron chi connectivity index (χ0n) is 9.86. The molecule has 1 atom stereocenters. The number of rotatable bonds is 6. The van der Waals surface area contributed by atoms with E-state index in [2.05, 4.69) is 5.32 Å². The smallest absolute Gasteiger partial charge is 0.316 e. The van der Waals surface area contributed by atoms with Crippen LogP contribution in [-0.4, -0.2) is 43.3 Å². The monoisotopic (exact) mass is 226 g/mol. The van der Waals surface area contributed by atoms with Crippen molar-refractivity contribution in [2.24, 2.45) is 0 Å². The second-order valence-electron chi connectivity index (χ2n) is 4.03. The Hall–Kier alpha value is -0.290. The van der Waals surface area contributed by atoms with Crippen molar-refractivity contribution < 1.29 is 13.2 Å². The molecular weight excluding hydrogens is 205 g/mol. The summed E-state index contributed by atoms with van der Waals surface area (Å²) in [5, 5.41) is 3.01. The minimum Gasteiger partial charge on any atom is -0.316 e. The van der Waals surface area contributed by atoms with Crippen LogP contribution in [-0.2, 0) is 0 Å². The van der Waals surface area contributed by atoms with Crippen molar-refractivity contribution in [2.45, 2.75) is 45.5 Å². The van der Waals surface area contributed by atoms with Gasteiger partial charge in [-0.1, -0.05) is 6.92 Å². The van der Waals surface area contributed by atoms with Gasteiger partial charge in [0.05, 0.1) is 6.54 Å². The van der Waals surface area contributed by atoms with Crippen LogP contribution in [0.25, 0.3) is 0 Å². The Labute approximate surface area is 89.8 Å². The number of halogens is 3. The first-order chi connectivity index (χ1) is 6.80. The van der Waals surface area contributed by atoms with Crippen molar-refractivity contribution in [1.82, 2.24) is 10.2 Å². The van der Waals surface area contributed by atoms with E-state index in [9.17, 15) is 13.2 Å². The van der Waals surface area contributed by atoms with E-state index >= 15 is 0 Å². The van der Waals surface area contributed by atoms with E-state index in [0.29, 0.717) is 6.54 Å². The molecular formula is C10H21F3N2. The van der Waals surface area contributed by atoms with Crippen molar-refractivity contribution in [3.8, 4) is 0 Å². The number of nitrogens with one attached hydrogen (secondary N) is 1. The zero-order chi connectivity index (χ0) is 12.1. The topological polar surface area (TPSA) is 15.3 Å². The lowest BCUT2D eigenvalue weighted by Crippen LogP contribution is -2.46. The van der Waals surface area contributed by atoms with Crippen molar-refractivity contribution in [1.29, 1.82) is 0 Å². The molecule has 1 unspecified atom stereocenters. The van der Waals surface area contributed by atoms with Gasteiger partial charge in [0, 0.05) is 18.6 Å². The molecule has 0 aromatic heterocycles. The van der Waals surface area contributed by atoms with Gasteiger partial charge in [0.2, 0.25) is 0 Å². The first-order valence-electron chi connectivity index (χ1n) is 5.28. The highest BCUT2D eigenvalue weighted by Gasteiger charge is 2.32. The van der Waals surface area contributed by atoms with Crippen molar-refractivity contribution >= 4 is 0 Å². The first kappa shape index (κ1) is 14.7. The van der Waals surface area contributed by atoms with Crippen LogP contribution < -0.4 is 5.32 Å². The minimum absolute atomic E-state index is 0.0889. The molecule has 2 nitrogen and oxygen atoms in total. The molecule has 5 heteroatoms. The molecule has 0 spiro atoms. The number of hydrogen-bond donors (Lipinski definition) is 1. The predicted molar refractivity (Wildman–Crippen MR) is 55.9 cm³/mol. The fourth-order valence-electron chi connectivity index (χ4n) is 1.40. The van der Waals surface area contributed by atoms with Crippen LogP contribution in [0.3, 0.4) is 0 Å². The van der Waals surface area contributed by atoms with Gasteiger partial charge >= 0.3 is 6.18 Å². The molecule has 1 N–H and O–H groups in total. The lowest BCUT2D eigenvalue weighted by molar-refractivity contribution is -0.150. The third-order valence-electron chi connectivity index (χ3n) is 2.47. The third-order valence-corrected chi connectivity index (χ3v) is 2.47. The molecule has 0 heterocycles. The molecule has 0 fully saturated rings. The van der Waals surface area contributed by atoms with Gasteiger partial charge in [0.1, 0.15) is 0 Å². The summed E-state index contributed by atoms with van der Waals surface area (Å²) in [4.78, 5) is 1.45. The minimum atomic E-state index is -4.11. The molecule has 92 valence electrons. The van der Waals surface area contributed by atoms with Crippen molar-refractivity contribution in [3.05, 3.63) is 0 Å². The summed E-state index contributed by atoms with van der Waals surface area (Å²) in [6, 6.07) is 0.0313. The molecule has 0 aromatic carbocycles. The summed E-state index contributed by atoms with van der Waals surface area (Å²) in [6.45, 7) is 5.14. The fourth-order valence-corrected chi connectivity index (χ4v) is 1.40. The fraction of sp³-hybridized carbons (Fsp3) is 1.00. The Balaban J connectivity index is 4.27. The lowest BCUT2D eigenvalue weighted by Gasteiger charge is -2.30. The van der Waals surface area contributed by atoms with Gasteiger partial charge in [-0.05, 0) is 27.3 Å². The molecule has 0 rings (SSSR count). The maximum absolute atomic E-state index is 12.3. The van der Waals surface area contributed by atoms with Gasteiger partial charge < -0.3 is 5.32 Å². The van der Waals surface area contributed by atoms with Crippen molar-refractivity contribution in [2.75, 3.05) is 20.1 Å². The Kier molecular flexibility index (Phi) is 6.20. The van der Waals surface area contributed by atoms with E-state index in [0.717, 1.165) is 6.42 Å². The van der Waals surface area contributed by atoms with Crippen LogP contribution in [0.5, 0.6) is 0 Å². The predicted octanol–water partition coefficient (Wildman–Crippen LogP) is 2.26. The quantitative estimate of drug-likeness (QED) is 0.747. The summed E-state index contributed by atoms with van der Waals surface area (Å²) < 4.78 is 36.8. The van der Waals surface area contributed by atoms with Crippen LogP contribution in [0, 0.1) is 0 Å². The number of alkyl halides is 3. The summed E-state index contributed by atoms with van der Waals surface area (Å²) in [6.07, 6.45) is -3.28. The SMILES string of the molecule is CCC(CN(CC(F)(F)F)C(C)C)NC. The van der Waals surface area contributed by atoms with Gasteiger partial charge in [0.25, 0.3) is 0 Å². The van der Waals surface area contributed by atoms with E-state index in [4.69, 9.17) is 0 Å². The Morgan fingerprint density at radius 1 is 1.27 bits per heavy atom. The molecule has 0 amide bonds. The van der Waals surface area contributed by atoms with Crippen molar-refractivity contribution in [3.63, 3.8) is 0 Å². The van der Waals surface area contributed by atoms with E-state index < -0.39 is 12.7 Å². The Bertz CT molecular complexity index is 165. The number of hydrogen-bond acceptors (Lipinski definition) is 2. The van der Waals surface area contributed by atoms with Crippen LogP contribution in [0.2, 0.25) is 0 Å². The molecule has 0 aromatic rings. The van der Waals surface area contributed by atoms with E-state index in [1.807, 2.05) is 6.92 Å². The highest BCUT2D eigenvalue weighted by Crippen LogP contribution is 2.18. The summed E-state index contributed by atoms with van der Waals surface area (Å²) >= 11 is 0. The van der Waals surface area contributed by atoms with E-state index in [1.54, 1.807) is 20.9 Å². The third kappa shape index (κ3) is 6.73. The summed E-state index contributed by atoms with van der Waals surface area (Å²) in [5.41, 5.74) is 0. The maximum atomic E-state index is 12.3. The molecule has 0 aliphatic carbocycles. The second-order valence-corrected chi connectivity index (χ2v) is 4.03. The van der Waals surface area contributed by atoms with Gasteiger partial charge in [-0.25, -0.2) is 0 Å². The summed E-state index contributed by atoms with van der Waals surface area (Å²) in [5.74, 6) is 0. The molecule has 0 aliphatic heterocycles. The normalized spacial score (nSPS) is 15.0. The van der Waals surface area contributed by atoms with Gasteiger partial charge in [0.15, 0.2) is 0 Å². The number of nitrogens with zero attached hydrogens (tertiary/aromatic N) is 1. The van der Waals surface area contributed by atoms with Crippen LogP contribution in [0.1, 0.15) is 27.2 Å². The molecule has 0 saturated carbocycles. The zero-order valence-corrected chi connectivity index (χ0v) is 9.86. The highest BCUT2D eigenvalue weighted by molar-refractivity contribution is 4.74. The molecule has 15 heavy (non-hydrogen) atoms. The highest BCUT2D eigenvalue weighted by atomic mass is 19.4. The van der Waals surface area contributed by atoms with Gasteiger partial charge in [-0.3, -0.25) is 4.90 Å². The average molecular weight is 226 g/mol. The lowest BCUT2D eigenvalue weighted by atomic mass is 10.2. The van der Waals surface area contributed by atoms with Crippen LogP contribution in [0.15, 0.2) is 0 Å². The van der Waals surface area contributed by atoms with Crippen LogP contribution in [0.4, 0.5) is 13.2 Å². The molecule has 0 bridgehead atoms. The second kappa shape index (κ2) is 6.33. The Morgan fingerprint density at radius 3 is 2.07 bits per heavy atom. The van der Waals surface area contributed by atoms with E-state index in [-0.39, 0.29) is 12.1 Å². The van der Waals surface area contributed by atoms with Crippen LogP contribution >= 0.6 is 0 Å². The number of likely N-dealkylation sites (N-methyl/N-ethyl adjacent to an activating group) is 1. The summed E-state index contributed by atoms with van der Waals surface area (Å²) in [7, 11) is 1.78.